The third-order valence-corrected chi connectivity index (χ3v) is 0. The van der Waals surface area contributed by atoms with E-state index in [0.717, 1.165) is 0 Å². The second kappa shape index (κ2) is 17.9. The quantitative estimate of drug-likeness (QED) is 0.415. The monoisotopic (exact) mass is 225 g/mol. The molecule has 0 atom stereocenters. The summed E-state index contributed by atoms with van der Waals surface area (Å²) in [6, 6.07) is 0. The Balaban J connectivity index is 0. The smallest absolute Gasteiger partial charge is 0 e. The van der Waals surface area contributed by atoms with Crippen LogP contribution in [0.5, 0.6) is 0 Å². The van der Waals surface area contributed by atoms with Crippen LogP contribution >= 0.6 is 0 Å². The summed E-state index contributed by atoms with van der Waals surface area (Å²) in [4.78, 5) is 0. The fourth-order valence-electron chi connectivity index (χ4n) is 0. The van der Waals surface area contributed by atoms with Crippen LogP contribution in [0.4, 0.5) is 0 Å². The average molecular weight is 226 g/mol. The Kier molecular flexibility index (Phi) is 141. The van der Waals surface area contributed by atoms with E-state index >= 15 is 0 Å². The van der Waals surface area contributed by atoms with Crippen LogP contribution < -0.4 is 0 Å². The minimum absolute atomic E-state index is 0. The van der Waals surface area contributed by atoms with E-state index in [1.165, 1.54) is 0 Å². The summed E-state index contributed by atoms with van der Waals surface area (Å²) in [7, 11) is 0. The summed E-state index contributed by atoms with van der Waals surface area (Å²) in [5.41, 5.74) is 0. The molecule has 0 nitrogen and oxygen atoms in total. The van der Waals surface area contributed by atoms with E-state index in [1.807, 2.05) is 0 Å². The Bertz CT molecular complexity index is 8.00. The van der Waals surface area contributed by atoms with Gasteiger partial charge in [-0.25, -0.2) is 0 Å². The largest absolute Gasteiger partial charge is 0.316 e. The summed E-state index contributed by atoms with van der Waals surface area (Å²) >= 11 is 0. The molecule has 0 aliphatic heterocycles. The first kappa shape index (κ1) is 31.6. The predicted octanol–water partition coefficient (Wildman–Crippen LogP) is -2.11. The van der Waals surface area contributed by atoms with Gasteiger partial charge < -0.3 is 0 Å². The molecule has 0 rings (SSSR count). The second-order valence-corrected chi connectivity index (χ2v) is 0. The Labute approximate surface area is 76.9 Å². The van der Waals surface area contributed by atoms with Crippen molar-refractivity contribution in [1.82, 2.24) is 0 Å². The van der Waals surface area contributed by atoms with Crippen molar-refractivity contribution in [3.63, 3.8) is 0 Å². The molecule has 4 heavy (non-hydrogen) atoms. The summed E-state index contributed by atoms with van der Waals surface area (Å²) in [5.74, 6) is 0. The van der Waals surface area contributed by atoms with E-state index in [1.54, 1.807) is 0 Å². The van der Waals surface area contributed by atoms with Gasteiger partial charge in [0.25, 0.3) is 0 Å². The second-order valence-electron chi connectivity index (χ2n) is 0. The number of hydrogen-bond acceptors (Lipinski definition) is 0. The topological polar surface area (TPSA) is 0 Å². The molecule has 0 saturated heterocycles. The summed E-state index contributed by atoms with van der Waals surface area (Å²) in [5, 5.41) is 0. The van der Waals surface area contributed by atoms with Crippen LogP contribution in [0.3, 0.4) is 0 Å². The van der Waals surface area contributed by atoms with Gasteiger partial charge in [0.05, 0.1) is 0 Å². The summed E-state index contributed by atoms with van der Waals surface area (Å²) in [6.07, 6.45) is 0. The van der Waals surface area contributed by atoms with Gasteiger partial charge in [-0.1, -0.05) is 0 Å². The maximum absolute atomic E-state index is 0. The van der Waals surface area contributed by atoms with Crippen molar-refractivity contribution in [2.24, 2.45) is 0 Å². The van der Waals surface area contributed by atoms with Crippen molar-refractivity contribution < 1.29 is 37.5 Å². The maximum Gasteiger partial charge on any atom is 0.316 e. The predicted molar refractivity (Wildman–Crippen MR) is 18.5 cm³/mol. The Morgan fingerprint density at radius 3 is 1.00 bits per heavy atom. The number of rotatable bonds is 0. The van der Waals surface area contributed by atoms with E-state index in [0.29, 0.717) is 0 Å². The molecule has 0 aliphatic carbocycles. The SMILES string of the molecule is [AlH3].[Cu].[MgH2].[Pd]. The van der Waals surface area contributed by atoms with Crippen molar-refractivity contribution >= 4 is 40.4 Å². The molecule has 0 unspecified atom stereocenters. The standard InChI is InChI=1S/Al.Cu.Mg.Pd.5H. The maximum atomic E-state index is 0. The van der Waals surface area contributed by atoms with Crippen LogP contribution in [-0.4, -0.2) is 40.4 Å². The van der Waals surface area contributed by atoms with Crippen LogP contribution in [0.2, 0.25) is 0 Å². The molecule has 4 heteroatoms. The van der Waals surface area contributed by atoms with E-state index in [-0.39, 0.29) is 77.9 Å². The van der Waals surface area contributed by atoms with Gasteiger partial charge >= 0.3 is 23.1 Å². The Morgan fingerprint density at radius 2 is 1.00 bits per heavy atom. The molecular weight excluding hydrogens is 221 g/mol. The molecule has 1 radical (unpaired) electrons. The van der Waals surface area contributed by atoms with Crippen LogP contribution in [0.1, 0.15) is 0 Å². The van der Waals surface area contributed by atoms with Crippen molar-refractivity contribution in [2.75, 3.05) is 0 Å². The van der Waals surface area contributed by atoms with Crippen molar-refractivity contribution in [3.05, 3.63) is 0 Å². The van der Waals surface area contributed by atoms with Gasteiger partial charge in [-0.3, -0.25) is 0 Å². The van der Waals surface area contributed by atoms with E-state index in [2.05, 4.69) is 0 Å². The molecule has 0 fully saturated rings. The van der Waals surface area contributed by atoms with Gasteiger partial charge in [0.15, 0.2) is 17.4 Å². The normalized spacial score (nSPS) is 0. The van der Waals surface area contributed by atoms with Gasteiger partial charge in [-0.05, 0) is 0 Å². The molecule has 0 saturated carbocycles. The molecule has 0 bridgehead atoms. The third kappa shape index (κ3) is 8.82. The molecular formula is H5AlCuMgPd. The molecule has 31 valence electrons. The summed E-state index contributed by atoms with van der Waals surface area (Å²) in [6.45, 7) is 0. The van der Waals surface area contributed by atoms with Gasteiger partial charge in [-0.2, -0.15) is 0 Å². The minimum atomic E-state index is 0. The van der Waals surface area contributed by atoms with Crippen LogP contribution in [0.25, 0.3) is 0 Å². The molecule has 0 aromatic heterocycles. The van der Waals surface area contributed by atoms with Crippen LogP contribution in [0, 0.1) is 0 Å². The molecule has 0 heterocycles. The first-order valence-corrected chi connectivity index (χ1v) is 0. The van der Waals surface area contributed by atoms with Gasteiger partial charge in [0, 0.05) is 37.5 Å². The zero-order valence-electron chi connectivity index (χ0n) is 0.618. The Hall–Kier alpha value is 2.48. The van der Waals surface area contributed by atoms with Gasteiger partial charge in [0.2, 0.25) is 0 Å². The zero-order valence-corrected chi connectivity index (χ0v) is 3.11. The molecule has 0 aromatic carbocycles. The zero-order chi connectivity index (χ0) is 0. The van der Waals surface area contributed by atoms with Crippen LogP contribution in [0.15, 0.2) is 0 Å². The number of hydrogen-bond donors (Lipinski definition) is 0. The first-order chi connectivity index (χ1) is 0. The van der Waals surface area contributed by atoms with E-state index < -0.39 is 0 Å². The molecule has 0 amide bonds. The van der Waals surface area contributed by atoms with Gasteiger partial charge in [0.1, 0.15) is 0 Å². The van der Waals surface area contributed by atoms with E-state index in [9.17, 15) is 0 Å². The summed E-state index contributed by atoms with van der Waals surface area (Å²) < 4.78 is 0. The first-order valence-electron chi connectivity index (χ1n) is 0. The molecule has 0 aromatic rings. The average Bonchev–Trinajstić information content (AvgIpc) is 0. The van der Waals surface area contributed by atoms with Gasteiger partial charge in [-0.15, -0.1) is 0 Å². The molecule has 0 spiro atoms. The van der Waals surface area contributed by atoms with Crippen LogP contribution in [-0.2, 0) is 37.5 Å². The van der Waals surface area contributed by atoms with E-state index in [4.69, 9.17) is 0 Å². The van der Waals surface area contributed by atoms with Crippen molar-refractivity contribution in [3.8, 4) is 0 Å². The van der Waals surface area contributed by atoms with Crippen molar-refractivity contribution in [1.29, 1.82) is 0 Å². The molecule has 0 N–H and O–H groups in total. The minimum Gasteiger partial charge on any atom is 0 e. The van der Waals surface area contributed by atoms with Crippen molar-refractivity contribution in [2.45, 2.75) is 0 Å². The fourth-order valence-corrected chi connectivity index (χ4v) is 0. The fraction of sp³-hybridized carbons (Fsp3) is 0. The Morgan fingerprint density at radius 1 is 1.00 bits per heavy atom. The molecule has 0 aliphatic rings. The third-order valence-electron chi connectivity index (χ3n) is 0.